The highest BCUT2D eigenvalue weighted by Crippen LogP contribution is 2.54. The average Bonchev–Trinajstić information content (AvgIpc) is 3.79. The molecule has 0 aromatic rings. The Kier molecular flexibility index (Phi) is 9.72. The van der Waals surface area contributed by atoms with Crippen LogP contribution in [0, 0.1) is 23.2 Å². The van der Waals surface area contributed by atoms with Gasteiger partial charge < -0.3 is 47.7 Å². The summed E-state index contributed by atoms with van der Waals surface area (Å²) in [5.74, 6) is -0.767. The van der Waals surface area contributed by atoms with Crippen LogP contribution in [0.4, 0.5) is 0 Å². The van der Waals surface area contributed by atoms with Gasteiger partial charge in [0.25, 0.3) is 0 Å². The van der Waals surface area contributed by atoms with Crippen LogP contribution >= 0.6 is 0 Å². The molecule has 19 atom stereocenters. The van der Waals surface area contributed by atoms with Gasteiger partial charge in [-0.1, -0.05) is 20.1 Å². The fourth-order valence-corrected chi connectivity index (χ4v) is 11.2. The summed E-state index contributed by atoms with van der Waals surface area (Å²) in [4.78, 5) is 14.0. The molecule has 0 radical (unpaired) electrons. The second-order valence-electron chi connectivity index (χ2n) is 17.2. The molecule has 11 unspecified atom stereocenters. The number of carbonyl (C=O) groups excluding carboxylic acids is 1. The van der Waals surface area contributed by atoms with Gasteiger partial charge in [-0.05, 0) is 62.0 Å². The van der Waals surface area contributed by atoms with Crippen molar-refractivity contribution in [2.75, 3.05) is 7.11 Å². The van der Waals surface area contributed by atoms with Crippen LogP contribution in [-0.2, 0) is 47.4 Å². The number of nitrogens with zero attached hydrogens (tertiary/aromatic N) is 1. The lowest BCUT2D eigenvalue weighted by atomic mass is 9.81. The van der Waals surface area contributed by atoms with Crippen molar-refractivity contribution >= 4 is 5.78 Å². The predicted molar refractivity (Wildman–Crippen MR) is 183 cm³/mol. The predicted octanol–water partition coefficient (Wildman–Crippen LogP) is 4.00. The van der Waals surface area contributed by atoms with Crippen LogP contribution < -0.4 is 0 Å². The highest BCUT2D eigenvalue weighted by atomic mass is 16.8. The molecule has 10 aliphatic rings. The lowest BCUT2D eigenvalue weighted by Crippen LogP contribution is -2.61. The highest BCUT2D eigenvalue weighted by Gasteiger charge is 2.68. The maximum Gasteiger partial charge on any atom is 0.172 e. The molecule has 12 heteroatoms. The number of aliphatic hydroxyl groups excluding tert-OH is 1. The SMILES string of the molecule is C=C1C(C)CC2CC[C@@H]3OC(CC[C@@]45CC6O[C@H]7[C@@H](O4)[C@H]4OC(CCC4O[C@H]7[C@H]6O5)CC(=O)CC4C(CC1O2)OC(CC(O)C#N)[C@@H]4OC)CC3=C. The molecule has 10 saturated heterocycles. The Hall–Kier alpha value is -1.76. The fourth-order valence-electron chi connectivity index (χ4n) is 11.2. The standard InChI is InChI=1S/C40H55NO11/c1-19-11-24-5-7-28-20(2)12-26(45-28)9-10-40-17-33-36(51-40)37-38(50-33)39(52-40)35-29(49-37)8-6-25(47-35)13-22(42)14-27-31(16-30(46-24)21(19)3)48-32(34(27)44-4)15-23(43)18-41/h19,23-39,43H,2-3,5-17H2,1,4H3/t19?,23?,24?,25?,26?,27?,28-,29?,30?,31?,32?,33?,34+,35-,36-,37-,38+,39-,40-/m0/s1. The number of carbonyl (C=O) groups is 1. The molecule has 12 bridgehead atoms. The quantitative estimate of drug-likeness (QED) is 0.332. The molecule has 10 heterocycles. The third-order valence-corrected chi connectivity index (χ3v) is 13.8. The second-order valence-corrected chi connectivity index (χ2v) is 17.2. The Morgan fingerprint density at radius 3 is 2.40 bits per heavy atom. The van der Waals surface area contributed by atoms with Gasteiger partial charge in [0.05, 0.1) is 67.1 Å². The monoisotopic (exact) mass is 725 g/mol. The summed E-state index contributed by atoms with van der Waals surface area (Å²) < 4.78 is 59.7. The highest BCUT2D eigenvalue weighted by molar-refractivity contribution is 5.79. The summed E-state index contributed by atoms with van der Waals surface area (Å²) >= 11 is 0. The van der Waals surface area contributed by atoms with E-state index in [0.717, 1.165) is 49.7 Å². The van der Waals surface area contributed by atoms with E-state index in [9.17, 15) is 15.2 Å². The van der Waals surface area contributed by atoms with Gasteiger partial charge in [-0.2, -0.15) is 5.26 Å². The van der Waals surface area contributed by atoms with E-state index in [1.165, 1.54) is 0 Å². The maximum atomic E-state index is 14.0. The number of Topliss-reactive ketones (excluding diaryl/α,β-unsaturated/α-hetero) is 1. The van der Waals surface area contributed by atoms with E-state index in [2.05, 4.69) is 20.1 Å². The van der Waals surface area contributed by atoms with Crippen molar-refractivity contribution in [3.8, 4) is 6.07 Å². The zero-order chi connectivity index (χ0) is 35.9. The molecule has 1 spiro atoms. The molecule has 0 saturated carbocycles. The van der Waals surface area contributed by atoms with Crippen LogP contribution in [-0.4, -0.2) is 121 Å². The molecule has 286 valence electrons. The number of ketones is 1. The van der Waals surface area contributed by atoms with E-state index in [0.29, 0.717) is 25.7 Å². The van der Waals surface area contributed by atoms with Crippen molar-refractivity contribution in [1.82, 2.24) is 0 Å². The van der Waals surface area contributed by atoms with E-state index in [4.69, 9.17) is 42.6 Å². The second kappa shape index (κ2) is 14.1. The molecule has 10 fully saturated rings. The summed E-state index contributed by atoms with van der Waals surface area (Å²) in [6.45, 7) is 11.1. The summed E-state index contributed by atoms with van der Waals surface area (Å²) in [5.41, 5.74) is 2.15. The van der Waals surface area contributed by atoms with Crippen LogP contribution in [0.3, 0.4) is 0 Å². The van der Waals surface area contributed by atoms with Crippen molar-refractivity contribution < 1.29 is 52.5 Å². The number of rotatable bonds is 3. The molecule has 0 aromatic heterocycles. The third-order valence-electron chi connectivity index (χ3n) is 13.8. The Bertz CT molecular complexity index is 1450. The Labute approximate surface area is 306 Å². The number of hydrogen-bond acceptors (Lipinski definition) is 12. The van der Waals surface area contributed by atoms with Gasteiger partial charge >= 0.3 is 0 Å². The van der Waals surface area contributed by atoms with Crippen LogP contribution in [0.25, 0.3) is 0 Å². The van der Waals surface area contributed by atoms with Crippen LogP contribution in [0.1, 0.15) is 90.4 Å². The molecule has 0 amide bonds. The fraction of sp³-hybridized carbons (Fsp3) is 0.850. The molecule has 0 aliphatic carbocycles. The minimum atomic E-state index is -1.20. The number of methoxy groups -OCH3 is 1. The minimum absolute atomic E-state index is 0.0186. The number of aliphatic hydroxyl groups is 1. The minimum Gasteiger partial charge on any atom is -0.378 e. The zero-order valence-corrected chi connectivity index (χ0v) is 30.5. The lowest BCUT2D eigenvalue weighted by molar-refractivity contribution is -0.292. The molecule has 52 heavy (non-hydrogen) atoms. The first-order chi connectivity index (χ1) is 25.1. The van der Waals surface area contributed by atoms with Gasteiger partial charge in [-0.15, -0.1) is 0 Å². The largest absolute Gasteiger partial charge is 0.378 e. The van der Waals surface area contributed by atoms with Gasteiger partial charge in [-0.25, -0.2) is 0 Å². The van der Waals surface area contributed by atoms with Gasteiger partial charge in [0.2, 0.25) is 0 Å². The first kappa shape index (κ1) is 35.9. The normalized spacial score (nSPS) is 52.2. The van der Waals surface area contributed by atoms with Crippen molar-refractivity contribution in [1.29, 1.82) is 5.26 Å². The molecule has 1 N–H and O–H groups in total. The number of nitriles is 1. The summed E-state index contributed by atoms with van der Waals surface area (Å²) in [6, 6.07) is 1.91. The summed E-state index contributed by atoms with van der Waals surface area (Å²) in [6.07, 6.45) is 3.33. The van der Waals surface area contributed by atoms with Gasteiger partial charge in [0, 0.05) is 51.6 Å². The summed E-state index contributed by atoms with van der Waals surface area (Å²) in [5, 5.41) is 19.7. The van der Waals surface area contributed by atoms with Gasteiger partial charge in [0.1, 0.15) is 42.4 Å². The molecule has 10 aliphatic heterocycles. The Morgan fingerprint density at radius 1 is 0.827 bits per heavy atom. The van der Waals surface area contributed by atoms with E-state index < -0.39 is 24.1 Å². The summed E-state index contributed by atoms with van der Waals surface area (Å²) in [7, 11) is 1.61. The molecule has 0 aromatic carbocycles. The average molecular weight is 726 g/mol. The first-order valence-electron chi connectivity index (χ1n) is 19.9. The van der Waals surface area contributed by atoms with Crippen LogP contribution in [0.15, 0.2) is 24.3 Å². The van der Waals surface area contributed by atoms with Crippen molar-refractivity contribution in [3.05, 3.63) is 24.3 Å². The van der Waals surface area contributed by atoms with E-state index >= 15 is 0 Å². The molecular weight excluding hydrogens is 670 g/mol. The molecule has 12 nitrogen and oxygen atoms in total. The molecule has 10 rings (SSSR count). The van der Waals surface area contributed by atoms with E-state index in [1.807, 2.05) is 6.07 Å². The van der Waals surface area contributed by atoms with Crippen molar-refractivity contribution in [2.45, 2.75) is 194 Å². The third kappa shape index (κ3) is 6.45. The first-order valence-corrected chi connectivity index (χ1v) is 19.9. The lowest BCUT2D eigenvalue weighted by Gasteiger charge is -2.47. The van der Waals surface area contributed by atoms with Crippen LogP contribution in [0.2, 0.25) is 0 Å². The number of fused-ring (bicyclic) bond motifs is 6. The number of hydrogen-bond donors (Lipinski definition) is 1. The Balaban J connectivity index is 0.996. The van der Waals surface area contributed by atoms with E-state index in [-0.39, 0.29) is 116 Å². The molecular formula is C40H55NO11. The number of ether oxygens (including phenoxy) is 9. The zero-order valence-electron chi connectivity index (χ0n) is 30.5. The Morgan fingerprint density at radius 2 is 1.58 bits per heavy atom. The van der Waals surface area contributed by atoms with E-state index in [1.54, 1.807) is 7.11 Å². The maximum absolute atomic E-state index is 14.0. The smallest absolute Gasteiger partial charge is 0.172 e. The van der Waals surface area contributed by atoms with Crippen molar-refractivity contribution in [2.24, 2.45) is 11.8 Å². The van der Waals surface area contributed by atoms with Crippen molar-refractivity contribution in [3.63, 3.8) is 0 Å². The topological polar surface area (TPSA) is 144 Å². The van der Waals surface area contributed by atoms with Crippen LogP contribution in [0.5, 0.6) is 0 Å². The van der Waals surface area contributed by atoms with Gasteiger partial charge in [0.15, 0.2) is 5.79 Å². The van der Waals surface area contributed by atoms with Gasteiger partial charge in [-0.3, -0.25) is 4.79 Å².